The Bertz CT molecular complexity index is 492. The number of nitrogens with zero attached hydrogens (tertiary/aromatic N) is 2. The molecule has 0 spiro atoms. The first-order valence-corrected chi connectivity index (χ1v) is 5.95. The Hall–Kier alpha value is -1.63. The zero-order valence-electron chi connectivity index (χ0n) is 11.1. The van der Waals surface area contributed by atoms with Gasteiger partial charge in [-0.15, -0.1) is 0 Å². The second kappa shape index (κ2) is 4.93. The van der Waals surface area contributed by atoms with Crippen molar-refractivity contribution >= 4 is 28.9 Å². The first kappa shape index (κ1) is 14.4. The van der Waals surface area contributed by atoms with Gasteiger partial charge in [0.05, 0.1) is 16.7 Å². The second-order valence-electron chi connectivity index (χ2n) is 4.90. The van der Waals surface area contributed by atoms with Crippen molar-refractivity contribution in [1.82, 2.24) is 9.78 Å². The van der Waals surface area contributed by atoms with Crippen molar-refractivity contribution in [3.8, 4) is 0 Å². The Morgan fingerprint density at radius 1 is 1.50 bits per heavy atom. The molecule has 0 fully saturated rings. The summed E-state index contributed by atoms with van der Waals surface area (Å²) in [6, 6.07) is 0. The van der Waals surface area contributed by atoms with Crippen molar-refractivity contribution in [1.29, 1.82) is 0 Å². The molecule has 1 heterocycles. The van der Waals surface area contributed by atoms with Gasteiger partial charge >= 0.3 is 0 Å². The first-order valence-electron chi connectivity index (χ1n) is 5.54. The first-order chi connectivity index (χ1) is 8.16. The highest BCUT2D eigenvalue weighted by Gasteiger charge is 2.26. The fourth-order valence-corrected chi connectivity index (χ4v) is 1.79. The molecule has 0 radical (unpaired) electrons. The van der Waals surface area contributed by atoms with E-state index in [2.05, 4.69) is 10.4 Å². The third-order valence-electron chi connectivity index (χ3n) is 2.83. The minimum atomic E-state index is -0.661. The number of anilines is 1. The molecule has 7 heteroatoms. The fraction of sp³-hybridized carbons (Fsp3) is 0.545. The quantitative estimate of drug-likeness (QED) is 0.667. The molecule has 0 aromatic carbocycles. The average molecular weight is 269 g/mol. The van der Waals surface area contributed by atoms with Crippen LogP contribution in [0.15, 0.2) is 0 Å². The third-order valence-corrected chi connectivity index (χ3v) is 3.04. The molecule has 1 amide bonds. The van der Waals surface area contributed by atoms with Crippen molar-refractivity contribution in [2.45, 2.75) is 20.8 Å². The van der Waals surface area contributed by atoms with Crippen LogP contribution in [0.4, 0.5) is 5.82 Å². The summed E-state index contributed by atoms with van der Waals surface area (Å²) in [6.07, 6.45) is 0. The lowest BCUT2D eigenvalue weighted by molar-refractivity contribution is -0.125. The van der Waals surface area contributed by atoms with Gasteiger partial charge in [-0.2, -0.15) is 5.10 Å². The lowest BCUT2D eigenvalue weighted by Gasteiger charge is -2.21. The van der Waals surface area contributed by atoms with Crippen molar-refractivity contribution in [3.05, 3.63) is 11.3 Å². The summed E-state index contributed by atoms with van der Waals surface area (Å²) >= 11 is 5.00. The Balaban J connectivity index is 2.99. The van der Waals surface area contributed by atoms with Gasteiger partial charge in [0.2, 0.25) is 5.91 Å². The largest absolute Gasteiger partial charge is 0.389 e. The Morgan fingerprint density at radius 3 is 2.50 bits per heavy atom. The number of thiocarbonyl (C=S) groups is 1. The molecule has 0 bridgehead atoms. The number of carbonyl (C=O) groups is 1. The van der Waals surface area contributed by atoms with Crippen LogP contribution in [0.1, 0.15) is 25.1 Å². The third kappa shape index (κ3) is 2.79. The maximum absolute atomic E-state index is 11.3. The summed E-state index contributed by atoms with van der Waals surface area (Å²) in [5.41, 5.74) is 11.8. The molecular formula is C11H19N5OS. The van der Waals surface area contributed by atoms with Crippen LogP contribution in [0.25, 0.3) is 0 Å². The van der Waals surface area contributed by atoms with Gasteiger partial charge in [-0.25, -0.2) is 0 Å². The molecule has 18 heavy (non-hydrogen) atoms. The van der Waals surface area contributed by atoms with Crippen LogP contribution in [0.5, 0.6) is 0 Å². The second-order valence-corrected chi connectivity index (χ2v) is 5.34. The predicted octanol–water partition coefficient (Wildman–Crippen LogP) is 0.286. The van der Waals surface area contributed by atoms with Crippen LogP contribution >= 0.6 is 12.2 Å². The molecule has 1 rings (SSSR count). The van der Waals surface area contributed by atoms with E-state index in [1.165, 1.54) is 0 Å². The van der Waals surface area contributed by atoms with Gasteiger partial charge < -0.3 is 16.8 Å². The van der Waals surface area contributed by atoms with Gasteiger partial charge in [0.25, 0.3) is 0 Å². The smallest absolute Gasteiger partial charge is 0.224 e. The van der Waals surface area contributed by atoms with Crippen molar-refractivity contribution in [2.24, 2.45) is 23.9 Å². The molecule has 1 aromatic rings. The molecule has 0 atom stereocenters. The standard InChI is InChI=1S/C11H19N5OS/c1-6-7(8(12)18)9(16(4)15-6)14-5-11(2,3)10(13)17/h14H,5H2,1-4H3,(H2,12,18)(H2,13,17). The van der Waals surface area contributed by atoms with Gasteiger partial charge in [-0.3, -0.25) is 9.48 Å². The van der Waals surface area contributed by atoms with E-state index in [4.69, 9.17) is 23.7 Å². The van der Waals surface area contributed by atoms with Gasteiger partial charge in [0.15, 0.2) is 0 Å². The van der Waals surface area contributed by atoms with Crippen molar-refractivity contribution in [2.75, 3.05) is 11.9 Å². The predicted molar refractivity (Wildman–Crippen MR) is 75.3 cm³/mol. The van der Waals surface area contributed by atoms with E-state index in [9.17, 15) is 4.79 Å². The van der Waals surface area contributed by atoms with Crippen LogP contribution in [0.2, 0.25) is 0 Å². The lowest BCUT2D eigenvalue weighted by atomic mass is 9.93. The molecule has 6 nitrogen and oxygen atoms in total. The normalized spacial score (nSPS) is 11.3. The van der Waals surface area contributed by atoms with E-state index in [1.54, 1.807) is 25.6 Å². The van der Waals surface area contributed by atoms with E-state index < -0.39 is 5.41 Å². The molecule has 100 valence electrons. The minimum absolute atomic E-state index is 0.278. The fourth-order valence-electron chi connectivity index (χ4n) is 1.55. The average Bonchev–Trinajstić information content (AvgIpc) is 2.50. The number of aryl methyl sites for hydroxylation is 2. The van der Waals surface area contributed by atoms with Crippen molar-refractivity contribution < 1.29 is 4.79 Å². The molecular weight excluding hydrogens is 250 g/mol. The van der Waals surface area contributed by atoms with Crippen LogP contribution in [-0.4, -0.2) is 27.2 Å². The van der Waals surface area contributed by atoms with Crippen LogP contribution < -0.4 is 16.8 Å². The molecule has 0 aliphatic carbocycles. The number of primary amides is 1. The maximum atomic E-state index is 11.3. The van der Waals surface area contributed by atoms with E-state index in [0.717, 1.165) is 5.69 Å². The van der Waals surface area contributed by atoms with Gasteiger partial charge in [-0.1, -0.05) is 12.2 Å². The van der Waals surface area contributed by atoms with E-state index >= 15 is 0 Å². The number of amides is 1. The van der Waals surface area contributed by atoms with Crippen molar-refractivity contribution in [3.63, 3.8) is 0 Å². The molecule has 0 saturated carbocycles. The number of rotatable bonds is 5. The van der Waals surface area contributed by atoms with Crippen LogP contribution in [0.3, 0.4) is 0 Å². The number of carbonyl (C=O) groups excluding carboxylic acids is 1. The molecule has 1 aromatic heterocycles. The molecule has 5 N–H and O–H groups in total. The Kier molecular flexibility index (Phi) is 3.95. The molecule has 0 unspecified atom stereocenters. The summed E-state index contributed by atoms with van der Waals surface area (Å²) in [5.74, 6) is 0.333. The zero-order chi connectivity index (χ0) is 14.1. The summed E-state index contributed by atoms with van der Waals surface area (Å²) in [5, 5.41) is 7.39. The zero-order valence-corrected chi connectivity index (χ0v) is 11.9. The summed E-state index contributed by atoms with van der Waals surface area (Å²) in [7, 11) is 1.79. The Morgan fingerprint density at radius 2 is 2.06 bits per heavy atom. The molecule has 0 saturated heterocycles. The topological polar surface area (TPSA) is 99.0 Å². The number of nitrogens with one attached hydrogen (secondary N) is 1. The highest BCUT2D eigenvalue weighted by Crippen LogP contribution is 2.21. The lowest BCUT2D eigenvalue weighted by Crippen LogP contribution is -2.38. The highest BCUT2D eigenvalue weighted by atomic mass is 32.1. The summed E-state index contributed by atoms with van der Waals surface area (Å²) in [4.78, 5) is 11.5. The Labute approximate surface area is 112 Å². The SMILES string of the molecule is Cc1nn(C)c(NCC(C)(C)C(N)=O)c1C(N)=S. The van der Waals surface area contributed by atoms with Gasteiger partial charge in [0.1, 0.15) is 10.8 Å². The number of hydrogen-bond acceptors (Lipinski definition) is 4. The highest BCUT2D eigenvalue weighted by molar-refractivity contribution is 7.80. The van der Waals surface area contributed by atoms with Crippen LogP contribution in [-0.2, 0) is 11.8 Å². The van der Waals surface area contributed by atoms with Crippen LogP contribution in [0, 0.1) is 12.3 Å². The molecule has 0 aliphatic heterocycles. The number of aromatic nitrogens is 2. The molecule has 0 aliphatic rings. The van der Waals surface area contributed by atoms with E-state index in [1.807, 2.05) is 6.92 Å². The summed E-state index contributed by atoms with van der Waals surface area (Å²) in [6.45, 7) is 5.76. The van der Waals surface area contributed by atoms with Gasteiger partial charge in [0, 0.05) is 13.6 Å². The number of hydrogen-bond donors (Lipinski definition) is 3. The monoisotopic (exact) mass is 269 g/mol. The van der Waals surface area contributed by atoms with E-state index in [0.29, 0.717) is 17.9 Å². The summed E-state index contributed by atoms with van der Waals surface area (Å²) < 4.78 is 1.65. The minimum Gasteiger partial charge on any atom is -0.389 e. The number of nitrogens with two attached hydrogens (primary N) is 2. The van der Waals surface area contributed by atoms with E-state index in [-0.39, 0.29) is 10.9 Å². The maximum Gasteiger partial charge on any atom is 0.224 e. The van der Waals surface area contributed by atoms with Gasteiger partial charge in [-0.05, 0) is 20.8 Å².